The Labute approximate surface area is 93.8 Å². The summed E-state index contributed by atoms with van der Waals surface area (Å²) < 4.78 is 10.6. The summed E-state index contributed by atoms with van der Waals surface area (Å²) in [5, 5.41) is 9.27. The van der Waals surface area contributed by atoms with E-state index in [1.165, 1.54) is 6.42 Å². The Balaban J connectivity index is 2.98. The van der Waals surface area contributed by atoms with E-state index in [4.69, 9.17) is 9.47 Å². The van der Waals surface area contributed by atoms with E-state index >= 15 is 0 Å². The molecule has 1 N–H and O–H groups in total. The zero-order valence-corrected chi connectivity index (χ0v) is 10.2. The first-order valence-electron chi connectivity index (χ1n) is 6.18. The van der Waals surface area contributed by atoms with E-state index in [0.29, 0.717) is 6.61 Å². The SMILES string of the molecule is CCCCOCCCCOC(O)CCC. The fraction of sp³-hybridized carbons (Fsp3) is 1.00. The number of aliphatic hydroxyl groups is 1. The van der Waals surface area contributed by atoms with Crippen molar-refractivity contribution in [2.75, 3.05) is 19.8 Å². The normalized spacial score (nSPS) is 13.0. The maximum absolute atomic E-state index is 9.27. The minimum atomic E-state index is -0.573. The van der Waals surface area contributed by atoms with Crippen LogP contribution in [0, 0.1) is 0 Å². The van der Waals surface area contributed by atoms with E-state index in [0.717, 1.165) is 45.3 Å². The van der Waals surface area contributed by atoms with Crippen LogP contribution < -0.4 is 0 Å². The van der Waals surface area contributed by atoms with E-state index in [1.807, 2.05) is 6.92 Å². The molecule has 0 aliphatic heterocycles. The quantitative estimate of drug-likeness (QED) is 0.428. The highest BCUT2D eigenvalue weighted by Crippen LogP contribution is 2.00. The lowest BCUT2D eigenvalue weighted by Crippen LogP contribution is -2.12. The third kappa shape index (κ3) is 11.8. The molecule has 0 radical (unpaired) electrons. The Morgan fingerprint density at radius 3 is 2.27 bits per heavy atom. The standard InChI is InChI=1S/C12H26O3/c1-3-5-9-14-10-6-7-11-15-12(13)8-4-2/h12-13H,3-11H2,1-2H3. The lowest BCUT2D eigenvalue weighted by Gasteiger charge is -2.10. The van der Waals surface area contributed by atoms with Crippen molar-refractivity contribution in [3.05, 3.63) is 0 Å². The summed E-state index contributed by atoms with van der Waals surface area (Å²) in [6.45, 7) is 6.52. The summed E-state index contributed by atoms with van der Waals surface area (Å²) in [7, 11) is 0. The summed E-state index contributed by atoms with van der Waals surface area (Å²) in [4.78, 5) is 0. The van der Waals surface area contributed by atoms with Crippen LogP contribution in [0.15, 0.2) is 0 Å². The molecule has 92 valence electrons. The molecule has 0 heterocycles. The minimum absolute atomic E-state index is 0.573. The van der Waals surface area contributed by atoms with Gasteiger partial charge in [0, 0.05) is 19.8 Å². The zero-order chi connectivity index (χ0) is 11.4. The molecular weight excluding hydrogens is 192 g/mol. The van der Waals surface area contributed by atoms with Crippen LogP contribution in [0.4, 0.5) is 0 Å². The molecule has 0 aliphatic rings. The highest BCUT2D eigenvalue weighted by molar-refractivity contribution is 4.42. The van der Waals surface area contributed by atoms with E-state index in [9.17, 15) is 5.11 Å². The Morgan fingerprint density at radius 1 is 0.933 bits per heavy atom. The Morgan fingerprint density at radius 2 is 1.60 bits per heavy atom. The maximum Gasteiger partial charge on any atom is 0.154 e. The van der Waals surface area contributed by atoms with Crippen molar-refractivity contribution in [2.45, 2.75) is 58.7 Å². The van der Waals surface area contributed by atoms with Gasteiger partial charge in [0.15, 0.2) is 6.29 Å². The van der Waals surface area contributed by atoms with Gasteiger partial charge in [-0.05, 0) is 25.7 Å². The van der Waals surface area contributed by atoms with Crippen molar-refractivity contribution in [1.29, 1.82) is 0 Å². The van der Waals surface area contributed by atoms with Crippen molar-refractivity contribution in [1.82, 2.24) is 0 Å². The summed E-state index contributed by atoms with van der Waals surface area (Å²) >= 11 is 0. The van der Waals surface area contributed by atoms with Crippen molar-refractivity contribution >= 4 is 0 Å². The minimum Gasteiger partial charge on any atom is -0.381 e. The van der Waals surface area contributed by atoms with E-state index in [2.05, 4.69) is 6.92 Å². The van der Waals surface area contributed by atoms with Crippen molar-refractivity contribution in [3.63, 3.8) is 0 Å². The smallest absolute Gasteiger partial charge is 0.154 e. The second kappa shape index (κ2) is 12.0. The number of ether oxygens (including phenoxy) is 2. The first-order chi connectivity index (χ1) is 7.31. The molecule has 0 aromatic carbocycles. The first kappa shape index (κ1) is 14.9. The molecule has 0 saturated heterocycles. The molecule has 0 aromatic rings. The van der Waals surface area contributed by atoms with Gasteiger partial charge < -0.3 is 14.6 Å². The second-order valence-electron chi connectivity index (χ2n) is 3.79. The summed E-state index contributed by atoms with van der Waals surface area (Å²) in [5.41, 5.74) is 0. The van der Waals surface area contributed by atoms with Crippen LogP contribution in [0.1, 0.15) is 52.4 Å². The number of hydrogen-bond donors (Lipinski definition) is 1. The van der Waals surface area contributed by atoms with Gasteiger partial charge in [-0.2, -0.15) is 0 Å². The number of hydrogen-bond acceptors (Lipinski definition) is 3. The van der Waals surface area contributed by atoms with Crippen LogP contribution in [0.25, 0.3) is 0 Å². The first-order valence-corrected chi connectivity index (χ1v) is 6.18. The molecular formula is C12H26O3. The van der Waals surface area contributed by atoms with E-state index in [1.54, 1.807) is 0 Å². The van der Waals surface area contributed by atoms with Crippen LogP contribution in [0.2, 0.25) is 0 Å². The maximum atomic E-state index is 9.27. The highest BCUT2D eigenvalue weighted by Gasteiger charge is 2.00. The van der Waals surface area contributed by atoms with Gasteiger partial charge in [0.05, 0.1) is 0 Å². The Hall–Kier alpha value is -0.120. The summed E-state index contributed by atoms with van der Waals surface area (Å²) in [5.74, 6) is 0. The second-order valence-corrected chi connectivity index (χ2v) is 3.79. The lowest BCUT2D eigenvalue weighted by molar-refractivity contribution is -0.104. The van der Waals surface area contributed by atoms with Crippen LogP contribution in [0.5, 0.6) is 0 Å². The molecule has 0 rings (SSSR count). The van der Waals surface area contributed by atoms with Crippen molar-refractivity contribution < 1.29 is 14.6 Å². The van der Waals surface area contributed by atoms with Gasteiger partial charge in [-0.15, -0.1) is 0 Å². The topological polar surface area (TPSA) is 38.7 Å². The van der Waals surface area contributed by atoms with Crippen LogP contribution in [-0.4, -0.2) is 31.2 Å². The highest BCUT2D eigenvalue weighted by atomic mass is 16.6. The largest absolute Gasteiger partial charge is 0.381 e. The monoisotopic (exact) mass is 218 g/mol. The van der Waals surface area contributed by atoms with E-state index in [-0.39, 0.29) is 0 Å². The number of rotatable bonds is 11. The number of unbranched alkanes of at least 4 members (excludes halogenated alkanes) is 2. The van der Waals surface area contributed by atoms with Crippen molar-refractivity contribution in [3.8, 4) is 0 Å². The average Bonchev–Trinajstić information content (AvgIpc) is 2.22. The predicted molar refractivity (Wildman–Crippen MR) is 61.8 cm³/mol. The van der Waals surface area contributed by atoms with Crippen LogP contribution in [0.3, 0.4) is 0 Å². The summed E-state index contributed by atoms with van der Waals surface area (Å²) in [6.07, 6.45) is 5.43. The van der Waals surface area contributed by atoms with Crippen molar-refractivity contribution in [2.24, 2.45) is 0 Å². The predicted octanol–water partition coefficient (Wildman–Crippen LogP) is 2.72. The molecule has 1 atom stereocenters. The van der Waals surface area contributed by atoms with Crippen LogP contribution >= 0.6 is 0 Å². The Kier molecular flexibility index (Phi) is 11.9. The fourth-order valence-corrected chi connectivity index (χ4v) is 1.20. The molecule has 1 unspecified atom stereocenters. The molecule has 0 aromatic heterocycles. The molecule has 0 bridgehead atoms. The molecule has 3 heteroatoms. The van der Waals surface area contributed by atoms with Crippen LogP contribution in [-0.2, 0) is 9.47 Å². The number of aliphatic hydroxyl groups excluding tert-OH is 1. The molecule has 15 heavy (non-hydrogen) atoms. The van der Waals surface area contributed by atoms with Gasteiger partial charge in [-0.1, -0.05) is 26.7 Å². The van der Waals surface area contributed by atoms with Gasteiger partial charge in [0.25, 0.3) is 0 Å². The third-order valence-electron chi connectivity index (χ3n) is 2.17. The summed E-state index contributed by atoms with van der Waals surface area (Å²) in [6, 6.07) is 0. The van der Waals surface area contributed by atoms with Gasteiger partial charge in [-0.25, -0.2) is 0 Å². The lowest BCUT2D eigenvalue weighted by atomic mass is 10.3. The van der Waals surface area contributed by atoms with E-state index < -0.39 is 6.29 Å². The molecule has 0 aliphatic carbocycles. The molecule has 3 nitrogen and oxygen atoms in total. The molecule has 0 amide bonds. The van der Waals surface area contributed by atoms with Gasteiger partial charge >= 0.3 is 0 Å². The van der Waals surface area contributed by atoms with Gasteiger partial charge in [0.1, 0.15) is 0 Å². The third-order valence-corrected chi connectivity index (χ3v) is 2.17. The Bertz CT molecular complexity index is 117. The molecule has 0 spiro atoms. The average molecular weight is 218 g/mol. The zero-order valence-electron chi connectivity index (χ0n) is 10.2. The molecule has 0 fully saturated rings. The fourth-order valence-electron chi connectivity index (χ4n) is 1.20. The van der Waals surface area contributed by atoms with Gasteiger partial charge in [-0.3, -0.25) is 0 Å². The molecule has 0 saturated carbocycles. The van der Waals surface area contributed by atoms with Gasteiger partial charge in [0.2, 0.25) is 0 Å².